The first-order chi connectivity index (χ1) is 13.3. The SMILES string of the molecule is O=C(CNC(=O)c1ccc(C(F)(F)F)cc1)NCCCSc1ccc(F)cc1. The molecule has 2 amide bonds. The van der Waals surface area contributed by atoms with Crippen LogP contribution in [0.1, 0.15) is 22.3 Å². The molecule has 0 bridgehead atoms. The largest absolute Gasteiger partial charge is 0.416 e. The molecule has 2 aromatic rings. The van der Waals surface area contributed by atoms with Crippen molar-refractivity contribution in [3.63, 3.8) is 0 Å². The number of carbonyl (C=O) groups is 2. The summed E-state index contributed by atoms with van der Waals surface area (Å²) in [5.74, 6) is -0.596. The van der Waals surface area contributed by atoms with E-state index in [-0.39, 0.29) is 17.9 Å². The molecular weight excluding hydrogens is 396 g/mol. The summed E-state index contributed by atoms with van der Waals surface area (Å²) in [6.45, 7) is 0.133. The molecule has 0 aliphatic heterocycles. The maximum absolute atomic E-state index is 12.8. The van der Waals surface area contributed by atoms with E-state index >= 15 is 0 Å². The molecule has 0 aliphatic carbocycles. The number of hydrogen-bond acceptors (Lipinski definition) is 3. The van der Waals surface area contributed by atoms with Gasteiger partial charge in [0.05, 0.1) is 12.1 Å². The molecule has 0 saturated carbocycles. The van der Waals surface area contributed by atoms with E-state index in [1.54, 1.807) is 12.1 Å². The van der Waals surface area contributed by atoms with Gasteiger partial charge in [0, 0.05) is 17.0 Å². The van der Waals surface area contributed by atoms with Gasteiger partial charge < -0.3 is 10.6 Å². The van der Waals surface area contributed by atoms with Gasteiger partial charge in [-0.2, -0.15) is 13.2 Å². The van der Waals surface area contributed by atoms with Crippen LogP contribution in [0.2, 0.25) is 0 Å². The third kappa shape index (κ3) is 7.22. The average Bonchev–Trinajstić information content (AvgIpc) is 2.66. The Morgan fingerprint density at radius 3 is 2.18 bits per heavy atom. The van der Waals surface area contributed by atoms with Gasteiger partial charge in [-0.25, -0.2) is 4.39 Å². The first-order valence-electron chi connectivity index (χ1n) is 8.36. The van der Waals surface area contributed by atoms with Gasteiger partial charge in [0.25, 0.3) is 5.91 Å². The van der Waals surface area contributed by atoms with E-state index in [2.05, 4.69) is 10.6 Å². The lowest BCUT2D eigenvalue weighted by molar-refractivity contribution is -0.137. The number of halogens is 4. The van der Waals surface area contributed by atoms with Crippen molar-refractivity contribution >= 4 is 23.6 Å². The minimum atomic E-state index is -4.47. The highest BCUT2D eigenvalue weighted by atomic mass is 32.2. The number of thioether (sulfide) groups is 1. The van der Waals surface area contributed by atoms with Crippen LogP contribution in [0.4, 0.5) is 17.6 Å². The zero-order valence-electron chi connectivity index (χ0n) is 14.7. The van der Waals surface area contributed by atoms with Gasteiger partial charge in [-0.3, -0.25) is 9.59 Å². The normalized spacial score (nSPS) is 11.1. The topological polar surface area (TPSA) is 58.2 Å². The molecule has 4 nitrogen and oxygen atoms in total. The molecule has 2 aromatic carbocycles. The third-order valence-electron chi connectivity index (χ3n) is 3.61. The molecule has 0 aliphatic rings. The van der Waals surface area contributed by atoms with Crippen LogP contribution < -0.4 is 10.6 Å². The van der Waals surface area contributed by atoms with Crippen molar-refractivity contribution in [1.82, 2.24) is 10.6 Å². The molecule has 0 aromatic heterocycles. The van der Waals surface area contributed by atoms with Crippen LogP contribution in [0, 0.1) is 5.82 Å². The van der Waals surface area contributed by atoms with E-state index in [1.807, 2.05) is 0 Å². The van der Waals surface area contributed by atoms with Crippen molar-refractivity contribution in [2.75, 3.05) is 18.8 Å². The maximum Gasteiger partial charge on any atom is 0.416 e. The zero-order valence-corrected chi connectivity index (χ0v) is 15.5. The monoisotopic (exact) mass is 414 g/mol. The van der Waals surface area contributed by atoms with Crippen LogP contribution in [0.3, 0.4) is 0 Å². The Labute approximate surface area is 163 Å². The molecule has 2 N–H and O–H groups in total. The van der Waals surface area contributed by atoms with Gasteiger partial charge in [0.1, 0.15) is 5.82 Å². The summed E-state index contributed by atoms with van der Waals surface area (Å²) in [5, 5.41) is 4.99. The van der Waals surface area contributed by atoms with Crippen molar-refractivity contribution in [2.24, 2.45) is 0 Å². The van der Waals surface area contributed by atoms with E-state index in [0.29, 0.717) is 13.0 Å². The maximum atomic E-state index is 12.8. The molecule has 0 atom stereocenters. The summed E-state index contributed by atoms with van der Waals surface area (Å²) in [7, 11) is 0. The van der Waals surface area contributed by atoms with Crippen LogP contribution in [0.5, 0.6) is 0 Å². The number of carbonyl (C=O) groups excluding carboxylic acids is 2. The molecule has 0 saturated heterocycles. The van der Waals surface area contributed by atoms with E-state index in [0.717, 1.165) is 34.9 Å². The van der Waals surface area contributed by atoms with Crippen LogP contribution in [-0.2, 0) is 11.0 Å². The Balaban J connectivity index is 1.63. The second kappa shape index (κ2) is 10.1. The Bertz CT molecular complexity index is 793. The first kappa shape index (κ1) is 21.7. The van der Waals surface area contributed by atoms with Crippen LogP contribution in [0.15, 0.2) is 53.4 Å². The van der Waals surface area contributed by atoms with Gasteiger partial charge >= 0.3 is 6.18 Å². The summed E-state index contributed by atoms with van der Waals surface area (Å²) in [5.41, 5.74) is -0.809. The average molecular weight is 414 g/mol. The zero-order chi connectivity index (χ0) is 20.6. The van der Waals surface area contributed by atoms with Crippen molar-refractivity contribution in [3.8, 4) is 0 Å². The van der Waals surface area contributed by atoms with E-state index in [1.165, 1.54) is 23.9 Å². The Hall–Kier alpha value is -2.55. The number of benzene rings is 2. The summed E-state index contributed by atoms with van der Waals surface area (Å²) in [6.07, 6.45) is -3.79. The van der Waals surface area contributed by atoms with Crippen LogP contribution in [0.25, 0.3) is 0 Å². The predicted octanol–water partition coefficient (Wildman–Crippen LogP) is 3.87. The molecule has 0 radical (unpaired) electrons. The molecular formula is C19H18F4N2O2S. The number of alkyl halides is 3. The van der Waals surface area contributed by atoms with Crippen molar-refractivity contribution in [1.29, 1.82) is 0 Å². The summed E-state index contributed by atoms with van der Waals surface area (Å²) < 4.78 is 50.3. The highest BCUT2D eigenvalue weighted by molar-refractivity contribution is 7.99. The highest BCUT2D eigenvalue weighted by Crippen LogP contribution is 2.29. The lowest BCUT2D eigenvalue weighted by Crippen LogP contribution is -2.37. The second-order valence-electron chi connectivity index (χ2n) is 5.76. The van der Waals surface area contributed by atoms with E-state index in [9.17, 15) is 27.2 Å². The van der Waals surface area contributed by atoms with Crippen molar-refractivity contribution in [3.05, 3.63) is 65.5 Å². The Morgan fingerprint density at radius 2 is 1.57 bits per heavy atom. The Morgan fingerprint density at radius 1 is 0.929 bits per heavy atom. The van der Waals surface area contributed by atoms with E-state index < -0.39 is 23.6 Å². The molecule has 0 heterocycles. The molecule has 28 heavy (non-hydrogen) atoms. The molecule has 0 unspecified atom stereocenters. The first-order valence-corrected chi connectivity index (χ1v) is 9.35. The van der Waals surface area contributed by atoms with Crippen molar-refractivity contribution < 1.29 is 27.2 Å². The minimum absolute atomic E-state index is 0.0384. The molecule has 0 spiro atoms. The highest BCUT2D eigenvalue weighted by Gasteiger charge is 2.30. The molecule has 2 rings (SSSR count). The van der Waals surface area contributed by atoms with Crippen molar-refractivity contribution in [2.45, 2.75) is 17.5 Å². The van der Waals surface area contributed by atoms with Gasteiger partial charge in [0.2, 0.25) is 5.91 Å². The van der Waals surface area contributed by atoms with E-state index in [4.69, 9.17) is 0 Å². The predicted molar refractivity (Wildman–Crippen MR) is 98.5 cm³/mol. The molecule has 0 fully saturated rings. The second-order valence-corrected chi connectivity index (χ2v) is 6.93. The van der Waals surface area contributed by atoms with Gasteiger partial charge in [-0.05, 0) is 60.7 Å². The van der Waals surface area contributed by atoms with Gasteiger partial charge in [-0.15, -0.1) is 11.8 Å². The fourth-order valence-corrected chi connectivity index (χ4v) is 3.01. The number of nitrogens with one attached hydrogen (secondary N) is 2. The minimum Gasteiger partial charge on any atom is -0.355 e. The summed E-state index contributed by atoms with van der Waals surface area (Å²) in [6, 6.07) is 9.85. The Kier molecular flexibility index (Phi) is 7.86. The number of rotatable bonds is 8. The third-order valence-corrected chi connectivity index (χ3v) is 4.71. The summed E-state index contributed by atoms with van der Waals surface area (Å²) >= 11 is 1.53. The lowest BCUT2D eigenvalue weighted by Gasteiger charge is -2.09. The fourth-order valence-electron chi connectivity index (χ4n) is 2.16. The lowest BCUT2D eigenvalue weighted by atomic mass is 10.1. The summed E-state index contributed by atoms with van der Waals surface area (Å²) in [4.78, 5) is 24.5. The fraction of sp³-hybridized carbons (Fsp3) is 0.263. The van der Waals surface area contributed by atoms with Gasteiger partial charge in [-0.1, -0.05) is 0 Å². The number of hydrogen-bond donors (Lipinski definition) is 2. The van der Waals surface area contributed by atoms with Crippen LogP contribution in [-0.4, -0.2) is 30.7 Å². The van der Waals surface area contributed by atoms with Crippen LogP contribution >= 0.6 is 11.8 Å². The quantitative estimate of drug-likeness (QED) is 0.392. The smallest absolute Gasteiger partial charge is 0.355 e. The molecule has 9 heteroatoms. The molecule has 150 valence electrons. The number of amides is 2. The standard InChI is InChI=1S/C19H18F4N2O2S/c20-15-6-8-16(9-7-15)28-11-1-10-24-17(26)12-25-18(27)13-2-4-14(5-3-13)19(21,22)23/h2-9H,1,10-12H2,(H,24,26)(H,25,27). The van der Waals surface area contributed by atoms with Gasteiger partial charge in [0.15, 0.2) is 0 Å².